The Morgan fingerprint density at radius 1 is 1.10 bits per heavy atom. The molecule has 0 amide bonds. The van der Waals surface area contributed by atoms with Crippen molar-refractivity contribution in [3.8, 4) is 16.9 Å². The molecule has 30 heavy (non-hydrogen) atoms. The van der Waals surface area contributed by atoms with Crippen molar-refractivity contribution in [3.63, 3.8) is 0 Å². The Labute approximate surface area is 180 Å². The molecule has 0 aliphatic carbocycles. The number of nitrogen functional groups attached to an aromatic ring is 1. The molecule has 0 aliphatic rings. The van der Waals surface area contributed by atoms with E-state index in [9.17, 15) is 8.42 Å². The molecule has 158 valence electrons. The van der Waals surface area contributed by atoms with Crippen molar-refractivity contribution in [2.24, 2.45) is 5.73 Å². The maximum absolute atomic E-state index is 11.7. The van der Waals surface area contributed by atoms with Crippen LogP contribution < -0.4 is 9.92 Å². The SMILES string of the molecule is CS(=O)(=O)Oc1c(C(=N)N)ccc2cc(-c3ccccc3CCOOCS)ccc12. The average Bonchev–Trinajstić information content (AvgIpc) is 2.70. The number of amidine groups is 1. The minimum atomic E-state index is -3.79. The van der Waals surface area contributed by atoms with E-state index in [1.807, 2.05) is 36.4 Å². The van der Waals surface area contributed by atoms with Gasteiger partial charge in [0.15, 0.2) is 5.75 Å². The highest BCUT2D eigenvalue weighted by molar-refractivity contribution is 7.86. The number of hydrogen-bond donors (Lipinski definition) is 3. The molecule has 0 unspecified atom stereocenters. The van der Waals surface area contributed by atoms with E-state index in [4.69, 9.17) is 25.1 Å². The van der Waals surface area contributed by atoms with E-state index < -0.39 is 10.1 Å². The zero-order valence-corrected chi connectivity index (χ0v) is 18.0. The fourth-order valence-corrected chi connectivity index (χ4v) is 3.75. The number of benzene rings is 3. The van der Waals surface area contributed by atoms with Crippen molar-refractivity contribution < 1.29 is 22.4 Å². The van der Waals surface area contributed by atoms with Gasteiger partial charge >= 0.3 is 10.1 Å². The minimum Gasteiger partial charge on any atom is -0.384 e. The van der Waals surface area contributed by atoms with Crippen LogP contribution >= 0.6 is 12.6 Å². The molecule has 0 spiro atoms. The van der Waals surface area contributed by atoms with Crippen molar-refractivity contribution in [2.45, 2.75) is 6.42 Å². The van der Waals surface area contributed by atoms with Crippen LogP contribution in [0.5, 0.6) is 5.75 Å². The van der Waals surface area contributed by atoms with Gasteiger partial charge in [0, 0.05) is 5.39 Å². The second kappa shape index (κ2) is 9.48. The van der Waals surface area contributed by atoms with Gasteiger partial charge in [-0.15, -0.1) is 12.6 Å². The Hall–Kier alpha value is -2.59. The lowest BCUT2D eigenvalue weighted by Gasteiger charge is -2.14. The van der Waals surface area contributed by atoms with Crippen molar-refractivity contribution in [3.05, 3.63) is 65.7 Å². The van der Waals surface area contributed by atoms with Gasteiger partial charge in [-0.05, 0) is 46.7 Å². The summed E-state index contributed by atoms with van der Waals surface area (Å²) in [5.74, 6) is -0.0278. The molecule has 0 atom stereocenters. The summed E-state index contributed by atoms with van der Waals surface area (Å²) in [7, 11) is -3.79. The number of hydrogen-bond acceptors (Lipinski definition) is 7. The molecule has 0 radical (unpaired) electrons. The van der Waals surface area contributed by atoms with Crippen LogP contribution in [0.2, 0.25) is 0 Å². The molecule has 0 bridgehead atoms. The highest BCUT2D eigenvalue weighted by Gasteiger charge is 2.17. The summed E-state index contributed by atoms with van der Waals surface area (Å²) in [5.41, 5.74) is 8.89. The van der Waals surface area contributed by atoms with Crippen molar-refractivity contribution in [2.75, 3.05) is 18.8 Å². The van der Waals surface area contributed by atoms with Gasteiger partial charge in [0.1, 0.15) is 11.8 Å². The number of rotatable bonds is 9. The average molecular weight is 447 g/mol. The van der Waals surface area contributed by atoms with Gasteiger partial charge in [-0.1, -0.05) is 36.4 Å². The van der Waals surface area contributed by atoms with E-state index in [0.717, 1.165) is 28.3 Å². The molecule has 0 aliphatic heterocycles. The predicted molar refractivity (Wildman–Crippen MR) is 120 cm³/mol. The maximum atomic E-state index is 11.7. The van der Waals surface area contributed by atoms with E-state index in [1.54, 1.807) is 18.2 Å². The van der Waals surface area contributed by atoms with Crippen LogP contribution in [-0.4, -0.2) is 33.1 Å². The molecule has 3 aromatic rings. The van der Waals surface area contributed by atoms with E-state index in [-0.39, 0.29) is 23.1 Å². The first-order valence-electron chi connectivity index (χ1n) is 9.04. The van der Waals surface area contributed by atoms with Crippen LogP contribution in [0.3, 0.4) is 0 Å². The zero-order valence-electron chi connectivity index (χ0n) is 16.3. The van der Waals surface area contributed by atoms with Crippen LogP contribution in [0, 0.1) is 5.41 Å². The molecule has 0 fully saturated rings. The van der Waals surface area contributed by atoms with Gasteiger partial charge in [0.2, 0.25) is 0 Å². The molecular weight excluding hydrogens is 424 g/mol. The number of nitrogens with one attached hydrogen (secondary N) is 1. The van der Waals surface area contributed by atoms with Crippen LogP contribution in [-0.2, 0) is 26.3 Å². The van der Waals surface area contributed by atoms with Gasteiger partial charge in [-0.25, -0.2) is 9.78 Å². The van der Waals surface area contributed by atoms with Gasteiger partial charge in [0.25, 0.3) is 0 Å². The first kappa shape index (κ1) is 22.1. The normalized spacial score (nSPS) is 11.5. The molecule has 3 rings (SSSR count). The Bertz CT molecular complexity index is 1180. The lowest BCUT2D eigenvalue weighted by molar-refractivity contribution is -0.277. The summed E-state index contributed by atoms with van der Waals surface area (Å²) in [6.07, 6.45) is 1.60. The number of thiol groups is 1. The van der Waals surface area contributed by atoms with Gasteiger partial charge in [-0.2, -0.15) is 8.42 Å². The quantitative estimate of drug-likeness (QED) is 0.0678. The fourth-order valence-electron chi connectivity index (χ4n) is 3.19. The smallest absolute Gasteiger partial charge is 0.306 e. The largest absolute Gasteiger partial charge is 0.384 e. The summed E-state index contributed by atoms with van der Waals surface area (Å²) in [5, 5.41) is 9.05. The Balaban J connectivity index is 2.05. The second-order valence-electron chi connectivity index (χ2n) is 6.56. The zero-order chi connectivity index (χ0) is 21.7. The van der Waals surface area contributed by atoms with E-state index in [2.05, 4.69) is 12.6 Å². The Kier molecular flexibility index (Phi) is 6.99. The third kappa shape index (κ3) is 5.31. The molecule has 3 aromatic carbocycles. The highest BCUT2D eigenvalue weighted by Crippen LogP contribution is 2.34. The van der Waals surface area contributed by atoms with Crippen LogP contribution in [0.1, 0.15) is 11.1 Å². The molecular formula is C21H22N2O5S2. The molecule has 0 saturated heterocycles. The fraction of sp³-hybridized carbons (Fsp3) is 0.190. The third-order valence-corrected chi connectivity index (χ3v) is 4.99. The molecule has 3 N–H and O–H groups in total. The molecule has 7 nitrogen and oxygen atoms in total. The summed E-state index contributed by atoms with van der Waals surface area (Å²) < 4.78 is 28.6. The minimum absolute atomic E-state index is 0.0552. The predicted octanol–water partition coefficient (Wildman–Crippen LogP) is 3.51. The van der Waals surface area contributed by atoms with Crippen molar-refractivity contribution >= 4 is 39.4 Å². The van der Waals surface area contributed by atoms with E-state index >= 15 is 0 Å². The number of fused-ring (bicyclic) bond motifs is 1. The summed E-state index contributed by atoms with van der Waals surface area (Å²) in [4.78, 5) is 9.88. The first-order chi connectivity index (χ1) is 14.3. The van der Waals surface area contributed by atoms with E-state index in [0.29, 0.717) is 18.4 Å². The van der Waals surface area contributed by atoms with Crippen molar-refractivity contribution in [1.82, 2.24) is 0 Å². The first-order valence-corrected chi connectivity index (χ1v) is 11.5. The maximum Gasteiger partial charge on any atom is 0.306 e. The van der Waals surface area contributed by atoms with Gasteiger partial charge in [-0.3, -0.25) is 5.41 Å². The molecule has 0 aromatic heterocycles. The van der Waals surface area contributed by atoms with Crippen LogP contribution in [0.15, 0.2) is 54.6 Å². The second-order valence-corrected chi connectivity index (χ2v) is 8.39. The van der Waals surface area contributed by atoms with E-state index in [1.165, 1.54) is 0 Å². The van der Waals surface area contributed by atoms with Crippen LogP contribution in [0.4, 0.5) is 0 Å². The van der Waals surface area contributed by atoms with Crippen molar-refractivity contribution in [1.29, 1.82) is 5.41 Å². The molecule has 0 saturated carbocycles. The Morgan fingerprint density at radius 3 is 2.57 bits per heavy atom. The highest BCUT2D eigenvalue weighted by atomic mass is 32.2. The molecule has 9 heteroatoms. The van der Waals surface area contributed by atoms with Crippen LogP contribution in [0.25, 0.3) is 21.9 Å². The summed E-state index contributed by atoms with van der Waals surface area (Å²) in [6.45, 7) is 0.388. The summed E-state index contributed by atoms with van der Waals surface area (Å²) >= 11 is 3.93. The lowest BCUT2D eigenvalue weighted by atomic mass is 9.95. The Morgan fingerprint density at radius 2 is 1.87 bits per heavy atom. The molecule has 0 heterocycles. The summed E-state index contributed by atoms with van der Waals surface area (Å²) in [6, 6.07) is 16.9. The number of nitrogens with two attached hydrogens (primary N) is 1. The van der Waals surface area contributed by atoms with Gasteiger partial charge < -0.3 is 9.92 Å². The lowest BCUT2D eigenvalue weighted by Crippen LogP contribution is -2.15. The van der Waals surface area contributed by atoms with Gasteiger partial charge in [0.05, 0.1) is 18.4 Å². The monoisotopic (exact) mass is 446 g/mol. The third-order valence-electron chi connectivity index (χ3n) is 4.41. The topological polar surface area (TPSA) is 112 Å². The standard InChI is InChI=1S/C21H22N2O5S2/c1-30(24,25)28-20-18-8-6-15(12-16(18)7-9-19(20)21(22)23)17-5-3-2-4-14(17)10-11-26-27-13-29/h2-9,12,29H,10-11,13H2,1H3,(H3,22,23).